The van der Waals surface area contributed by atoms with Gasteiger partial charge in [0.2, 0.25) is 0 Å². The highest BCUT2D eigenvalue weighted by Gasteiger charge is 2.15. The Kier molecular flexibility index (Phi) is 3.20. The molecule has 0 saturated carbocycles. The van der Waals surface area contributed by atoms with Crippen molar-refractivity contribution in [1.82, 2.24) is 4.98 Å². The molecule has 15 heavy (non-hydrogen) atoms. The van der Waals surface area contributed by atoms with Crippen LogP contribution in [0.1, 0.15) is 50.3 Å². The molecule has 1 heterocycles. The van der Waals surface area contributed by atoms with Crippen LogP contribution in [0.25, 0.3) is 0 Å². The van der Waals surface area contributed by atoms with Gasteiger partial charge in [-0.1, -0.05) is 31.6 Å². The predicted molar refractivity (Wildman–Crippen MR) is 64.0 cm³/mol. The van der Waals surface area contributed by atoms with E-state index in [2.05, 4.69) is 37.0 Å². The highest BCUT2D eigenvalue weighted by Crippen LogP contribution is 2.30. The maximum absolute atomic E-state index is 4.55. The first kappa shape index (κ1) is 10.4. The normalized spacial score (nSPS) is 17.6. The van der Waals surface area contributed by atoms with Gasteiger partial charge in [-0.2, -0.15) is 0 Å². The van der Waals surface area contributed by atoms with Crippen molar-refractivity contribution in [2.24, 2.45) is 0 Å². The summed E-state index contributed by atoms with van der Waals surface area (Å²) in [7, 11) is 0. The van der Waals surface area contributed by atoms with Gasteiger partial charge >= 0.3 is 0 Å². The summed E-state index contributed by atoms with van der Waals surface area (Å²) >= 11 is 0. The quantitative estimate of drug-likeness (QED) is 0.677. The van der Waals surface area contributed by atoms with Crippen LogP contribution < -0.4 is 0 Å². The minimum Gasteiger partial charge on any atom is -0.260 e. The molecule has 0 amide bonds. The lowest BCUT2D eigenvalue weighted by Crippen LogP contribution is -1.99. The van der Waals surface area contributed by atoms with Crippen LogP contribution >= 0.6 is 0 Å². The number of nitrogens with zero attached hydrogens (tertiary/aromatic N) is 1. The summed E-state index contributed by atoms with van der Waals surface area (Å²) in [4.78, 5) is 4.55. The largest absolute Gasteiger partial charge is 0.260 e. The Labute approximate surface area is 92.2 Å². The van der Waals surface area contributed by atoms with Gasteiger partial charge in [0.15, 0.2) is 0 Å². The number of hydrogen-bond donors (Lipinski definition) is 0. The molecule has 0 spiro atoms. The van der Waals surface area contributed by atoms with Gasteiger partial charge in [-0.15, -0.1) is 0 Å². The van der Waals surface area contributed by atoms with E-state index in [1.807, 2.05) is 6.20 Å². The first-order valence-electron chi connectivity index (χ1n) is 5.95. The van der Waals surface area contributed by atoms with Crippen LogP contribution in [0.4, 0.5) is 0 Å². The van der Waals surface area contributed by atoms with Crippen LogP contribution in [0, 0.1) is 0 Å². The van der Waals surface area contributed by atoms with Crippen molar-refractivity contribution in [3.63, 3.8) is 0 Å². The Hall–Kier alpha value is -1.11. The molecule has 0 aromatic carbocycles. The molecule has 2 rings (SSSR count). The highest BCUT2D eigenvalue weighted by molar-refractivity contribution is 5.26. The van der Waals surface area contributed by atoms with Crippen molar-refractivity contribution in [3.05, 3.63) is 41.2 Å². The molecule has 80 valence electrons. The van der Waals surface area contributed by atoms with E-state index in [-0.39, 0.29) is 0 Å². The second kappa shape index (κ2) is 4.61. The monoisotopic (exact) mass is 201 g/mol. The average Bonchev–Trinajstić information content (AvgIpc) is 2.82. The van der Waals surface area contributed by atoms with E-state index in [0.717, 1.165) is 6.42 Å². The number of aryl methyl sites for hydroxylation is 1. The van der Waals surface area contributed by atoms with Gasteiger partial charge in [-0.3, -0.25) is 4.98 Å². The second-order valence-corrected chi connectivity index (χ2v) is 4.34. The zero-order chi connectivity index (χ0) is 10.7. The Bertz CT molecular complexity index is 348. The van der Waals surface area contributed by atoms with Crippen molar-refractivity contribution in [3.8, 4) is 0 Å². The number of rotatable bonds is 3. The third-order valence-corrected chi connectivity index (χ3v) is 3.33. The zero-order valence-electron chi connectivity index (χ0n) is 9.66. The fourth-order valence-electron chi connectivity index (χ4n) is 2.18. The van der Waals surface area contributed by atoms with Crippen molar-refractivity contribution in [2.75, 3.05) is 0 Å². The lowest BCUT2D eigenvalue weighted by atomic mass is 9.96. The summed E-state index contributed by atoms with van der Waals surface area (Å²) < 4.78 is 0. The molecule has 1 nitrogen and oxygen atoms in total. The summed E-state index contributed by atoms with van der Waals surface area (Å²) in [6.45, 7) is 4.44. The van der Waals surface area contributed by atoms with Gasteiger partial charge in [0.1, 0.15) is 0 Å². The molecule has 1 aliphatic rings. The van der Waals surface area contributed by atoms with E-state index < -0.39 is 0 Å². The van der Waals surface area contributed by atoms with Crippen molar-refractivity contribution in [2.45, 2.75) is 45.4 Å². The minimum atomic E-state index is 0.512. The van der Waals surface area contributed by atoms with Crippen LogP contribution in [-0.4, -0.2) is 4.98 Å². The van der Waals surface area contributed by atoms with Crippen molar-refractivity contribution in [1.29, 1.82) is 0 Å². The van der Waals surface area contributed by atoms with Gasteiger partial charge in [0, 0.05) is 17.8 Å². The van der Waals surface area contributed by atoms with Crippen molar-refractivity contribution >= 4 is 0 Å². The zero-order valence-corrected chi connectivity index (χ0v) is 9.66. The van der Waals surface area contributed by atoms with Gasteiger partial charge in [-0.05, 0) is 37.3 Å². The van der Waals surface area contributed by atoms with E-state index in [4.69, 9.17) is 0 Å². The summed E-state index contributed by atoms with van der Waals surface area (Å²) in [6.07, 6.45) is 9.32. The highest BCUT2D eigenvalue weighted by atomic mass is 14.7. The smallest absolute Gasteiger partial charge is 0.0472 e. The number of hydrogen-bond acceptors (Lipinski definition) is 1. The van der Waals surface area contributed by atoms with Crippen molar-refractivity contribution < 1.29 is 0 Å². The first-order chi connectivity index (χ1) is 7.31. The molecule has 1 aliphatic carbocycles. The van der Waals surface area contributed by atoms with Crippen LogP contribution in [-0.2, 0) is 6.42 Å². The van der Waals surface area contributed by atoms with E-state index in [9.17, 15) is 0 Å². The number of allylic oxidation sites excluding steroid dienone is 2. The topological polar surface area (TPSA) is 12.9 Å². The van der Waals surface area contributed by atoms with Gasteiger partial charge in [-0.25, -0.2) is 0 Å². The lowest BCUT2D eigenvalue weighted by Gasteiger charge is -2.12. The molecule has 0 aliphatic heterocycles. The van der Waals surface area contributed by atoms with E-state index in [0.29, 0.717) is 5.92 Å². The molecule has 1 atom stereocenters. The molecule has 1 aromatic heterocycles. The molecule has 0 N–H and O–H groups in total. The maximum atomic E-state index is 4.55. The van der Waals surface area contributed by atoms with Crippen LogP contribution in [0.3, 0.4) is 0 Å². The summed E-state index contributed by atoms with van der Waals surface area (Å²) in [5.74, 6) is 0.512. The van der Waals surface area contributed by atoms with Crippen LogP contribution in [0.2, 0.25) is 0 Å². The van der Waals surface area contributed by atoms with Gasteiger partial charge < -0.3 is 0 Å². The second-order valence-electron chi connectivity index (χ2n) is 4.34. The SMILES string of the molecule is CCc1ccc(C(C)C2=CCCC2)nc1. The van der Waals surface area contributed by atoms with Crippen LogP contribution in [0.15, 0.2) is 30.0 Å². The third kappa shape index (κ3) is 2.28. The fourth-order valence-corrected chi connectivity index (χ4v) is 2.18. The van der Waals surface area contributed by atoms with E-state index in [1.54, 1.807) is 5.57 Å². The van der Waals surface area contributed by atoms with E-state index >= 15 is 0 Å². The summed E-state index contributed by atoms with van der Waals surface area (Å²) in [5.41, 5.74) is 4.12. The summed E-state index contributed by atoms with van der Waals surface area (Å²) in [5, 5.41) is 0. The average molecular weight is 201 g/mol. The standard InChI is InChI=1S/C14H19N/c1-3-12-8-9-14(15-10-12)11(2)13-6-4-5-7-13/h6,8-11H,3-5,7H2,1-2H3. The van der Waals surface area contributed by atoms with Gasteiger partial charge in [0.05, 0.1) is 0 Å². The maximum Gasteiger partial charge on any atom is 0.0472 e. The summed E-state index contributed by atoms with van der Waals surface area (Å²) in [6, 6.07) is 4.39. The third-order valence-electron chi connectivity index (χ3n) is 3.33. The molecular weight excluding hydrogens is 182 g/mol. The Morgan fingerprint density at radius 1 is 1.40 bits per heavy atom. The number of aromatic nitrogens is 1. The molecule has 1 aromatic rings. The minimum absolute atomic E-state index is 0.512. The number of pyridine rings is 1. The fraction of sp³-hybridized carbons (Fsp3) is 0.500. The molecule has 1 heteroatoms. The Morgan fingerprint density at radius 2 is 2.27 bits per heavy atom. The Morgan fingerprint density at radius 3 is 2.80 bits per heavy atom. The Balaban J connectivity index is 2.14. The first-order valence-corrected chi connectivity index (χ1v) is 5.95. The van der Waals surface area contributed by atoms with Gasteiger partial charge in [0.25, 0.3) is 0 Å². The lowest BCUT2D eigenvalue weighted by molar-refractivity contribution is 0.787. The van der Waals surface area contributed by atoms with Crippen LogP contribution in [0.5, 0.6) is 0 Å². The van der Waals surface area contributed by atoms with E-state index in [1.165, 1.54) is 30.5 Å². The molecule has 0 bridgehead atoms. The molecule has 0 radical (unpaired) electrons. The molecule has 0 fully saturated rings. The molecule has 1 unspecified atom stereocenters. The molecule has 0 saturated heterocycles. The predicted octanol–water partition coefficient (Wildman–Crippen LogP) is 3.86. The molecular formula is C14H19N.